The smallest absolute Gasteiger partial charge is 0.187 e. The molecule has 2 fully saturated rings. The van der Waals surface area contributed by atoms with Gasteiger partial charge >= 0.3 is 0 Å². The van der Waals surface area contributed by atoms with Crippen molar-refractivity contribution < 1.29 is 0 Å². The first-order valence-corrected chi connectivity index (χ1v) is 8.03. The minimum atomic E-state index is 0.554. The van der Waals surface area contributed by atoms with Gasteiger partial charge in [0.05, 0.1) is 0 Å². The molecule has 3 atom stereocenters. The van der Waals surface area contributed by atoms with Crippen molar-refractivity contribution in [1.82, 2.24) is 10.7 Å². The zero-order valence-electron chi connectivity index (χ0n) is 12.0. The Morgan fingerprint density at radius 3 is 2.76 bits per heavy atom. The molecule has 2 aliphatic carbocycles. The predicted molar refractivity (Wildman–Crippen MR) is 92.1 cm³/mol. The second kappa shape index (κ2) is 6.85. The molecule has 0 heterocycles. The van der Waals surface area contributed by atoms with Gasteiger partial charge in [-0.15, -0.1) is 0 Å². The van der Waals surface area contributed by atoms with Crippen molar-refractivity contribution >= 4 is 29.6 Å². The quantitative estimate of drug-likeness (QED) is 0.508. The van der Waals surface area contributed by atoms with Crippen LogP contribution in [0.3, 0.4) is 0 Å². The van der Waals surface area contributed by atoms with E-state index in [0.29, 0.717) is 11.2 Å². The van der Waals surface area contributed by atoms with Crippen molar-refractivity contribution in [3.05, 3.63) is 42.0 Å². The van der Waals surface area contributed by atoms with Crippen molar-refractivity contribution in [3.63, 3.8) is 0 Å². The highest BCUT2D eigenvalue weighted by Gasteiger charge is 2.39. The van der Waals surface area contributed by atoms with Crippen molar-refractivity contribution in [2.24, 2.45) is 16.9 Å². The molecule has 2 N–H and O–H groups in total. The van der Waals surface area contributed by atoms with Crippen molar-refractivity contribution in [2.75, 3.05) is 0 Å². The fraction of sp³-hybridized carbons (Fsp3) is 0.412. The SMILES string of the molecule is S=C(N/N=C/C=C/c1ccccc1)NC1CC2CCC1C2. The van der Waals surface area contributed by atoms with Crippen LogP contribution in [-0.4, -0.2) is 17.4 Å². The van der Waals surface area contributed by atoms with E-state index in [2.05, 4.69) is 28.0 Å². The van der Waals surface area contributed by atoms with Crippen LogP contribution in [0.25, 0.3) is 6.08 Å². The number of benzene rings is 1. The summed E-state index contributed by atoms with van der Waals surface area (Å²) in [5.41, 5.74) is 4.05. The fourth-order valence-electron chi connectivity index (χ4n) is 3.48. The topological polar surface area (TPSA) is 36.4 Å². The molecular formula is C17H21N3S. The minimum Gasteiger partial charge on any atom is -0.358 e. The van der Waals surface area contributed by atoms with Crippen molar-refractivity contribution in [3.8, 4) is 0 Å². The normalized spacial score (nSPS) is 27.5. The van der Waals surface area contributed by atoms with Crippen LogP contribution >= 0.6 is 12.2 Å². The van der Waals surface area contributed by atoms with Gasteiger partial charge in [-0.25, -0.2) is 0 Å². The fourth-order valence-corrected chi connectivity index (χ4v) is 3.68. The molecule has 21 heavy (non-hydrogen) atoms. The molecule has 4 heteroatoms. The lowest BCUT2D eigenvalue weighted by Crippen LogP contribution is -2.42. The maximum Gasteiger partial charge on any atom is 0.187 e. The Morgan fingerprint density at radius 1 is 1.19 bits per heavy atom. The highest BCUT2D eigenvalue weighted by Crippen LogP contribution is 2.44. The summed E-state index contributed by atoms with van der Waals surface area (Å²) in [7, 11) is 0. The summed E-state index contributed by atoms with van der Waals surface area (Å²) in [4.78, 5) is 0. The molecule has 0 saturated heterocycles. The second-order valence-corrected chi connectivity index (χ2v) is 6.32. The van der Waals surface area contributed by atoms with Gasteiger partial charge in [0.1, 0.15) is 0 Å². The summed E-state index contributed by atoms with van der Waals surface area (Å²) < 4.78 is 0. The number of hydrogen-bond donors (Lipinski definition) is 2. The van der Waals surface area contributed by atoms with Crippen LogP contribution in [-0.2, 0) is 0 Å². The lowest BCUT2D eigenvalue weighted by atomic mass is 9.96. The molecule has 0 aliphatic heterocycles. The number of hydrogen-bond acceptors (Lipinski definition) is 2. The Bertz CT molecular complexity index is 538. The average Bonchev–Trinajstić information content (AvgIpc) is 3.10. The first-order chi connectivity index (χ1) is 10.3. The van der Waals surface area contributed by atoms with Gasteiger partial charge in [-0.2, -0.15) is 5.10 Å². The Labute approximate surface area is 131 Å². The number of rotatable bonds is 4. The van der Waals surface area contributed by atoms with E-state index in [1.165, 1.54) is 25.7 Å². The van der Waals surface area contributed by atoms with Crippen LogP contribution in [0.4, 0.5) is 0 Å². The molecule has 3 nitrogen and oxygen atoms in total. The number of thiocarbonyl (C=S) groups is 1. The average molecular weight is 299 g/mol. The number of hydrazone groups is 1. The summed E-state index contributed by atoms with van der Waals surface area (Å²) in [6.45, 7) is 0. The number of fused-ring (bicyclic) bond motifs is 2. The Balaban J connectivity index is 1.39. The zero-order valence-corrected chi connectivity index (χ0v) is 12.9. The first-order valence-electron chi connectivity index (χ1n) is 7.62. The predicted octanol–water partition coefficient (Wildman–Crippen LogP) is 3.34. The Morgan fingerprint density at radius 2 is 2.05 bits per heavy atom. The molecule has 0 amide bonds. The molecule has 1 aromatic rings. The van der Waals surface area contributed by atoms with Crippen LogP contribution in [0, 0.1) is 11.8 Å². The molecule has 0 radical (unpaired) electrons. The molecule has 0 aromatic heterocycles. The molecule has 2 saturated carbocycles. The van der Waals surface area contributed by atoms with E-state index >= 15 is 0 Å². The molecular weight excluding hydrogens is 278 g/mol. The summed E-state index contributed by atoms with van der Waals surface area (Å²) in [5.74, 6) is 1.74. The lowest BCUT2D eigenvalue weighted by Gasteiger charge is -2.23. The zero-order chi connectivity index (χ0) is 14.5. The van der Waals surface area contributed by atoms with E-state index in [4.69, 9.17) is 12.2 Å². The largest absolute Gasteiger partial charge is 0.358 e. The lowest BCUT2D eigenvalue weighted by molar-refractivity contribution is 0.389. The number of allylic oxidation sites excluding steroid dienone is 1. The summed E-state index contributed by atoms with van der Waals surface area (Å²) in [5, 5.41) is 8.16. The van der Waals surface area contributed by atoms with Crippen molar-refractivity contribution in [2.45, 2.75) is 31.7 Å². The Hall–Kier alpha value is -1.68. The van der Waals surface area contributed by atoms with Crippen LogP contribution < -0.4 is 10.7 Å². The van der Waals surface area contributed by atoms with E-state index in [-0.39, 0.29) is 0 Å². The van der Waals surface area contributed by atoms with Gasteiger partial charge in [0.15, 0.2) is 5.11 Å². The van der Waals surface area contributed by atoms with Crippen LogP contribution in [0.1, 0.15) is 31.2 Å². The maximum absolute atomic E-state index is 5.29. The number of nitrogens with zero attached hydrogens (tertiary/aromatic N) is 1. The molecule has 3 unspecified atom stereocenters. The highest BCUT2D eigenvalue weighted by molar-refractivity contribution is 7.80. The van der Waals surface area contributed by atoms with E-state index in [1.54, 1.807) is 6.21 Å². The molecule has 110 valence electrons. The first kappa shape index (κ1) is 14.3. The molecule has 2 aliphatic rings. The van der Waals surface area contributed by atoms with Gasteiger partial charge < -0.3 is 5.32 Å². The van der Waals surface area contributed by atoms with Gasteiger partial charge in [-0.05, 0) is 55.0 Å². The van der Waals surface area contributed by atoms with Crippen LogP contribution in [0.5, 0.6) is 0 Å². The summed E-state index contributed by atoms with van der Waals surface area (Å²) in [6.07, 6.45) is 11.1. The van der Waals surface area contributed by atoms with Gasteiger partial charge in [-0.1, -0.05) is 42.8 Å². The molecule has 2 bridgehead atoms. The Kier molecular flexibility index (Phi) is 4.65. The molecule has 0 spiro atoms. The van der Waals surface area contributed by atoms with Gasteiger partial charge in [-0.3, -0.25) is 5.43 Å². The third kappa shape index (κ3) is 3.91. The van der Waals surface area contributed by atoms with Gasteiger partial charge in [0.2, 0.25) is 0 Å². The highest BCUT2D eigenvalue weighted by atomic mass is 32.1. The second-order valence-electron chi connectivity index (χ2n) is 5.91. The minimum absolute atomic E-state index is 0.554. The maximum atomic E-state index is 5.29. The van der Waals surface area contributed by atoms with Gasteiger partial charge in [0.25, 0.3) is 0 Å². The standard InChI is InChI=1S/C17H21N3S/c21-17(19-16-12-14-8-9-15(16)11-14)20-18-10-4-7-13-5-2-1-3-6-13/h1-7,10,14-16H,8-9,11-12H2,(H2,19,20,21)/b7-4+,18-10+. The third-order valence-electron chi connectivity index (χ3n) is 4.47. The third-order valence-corrected chi connectivity index (χ3v) is 4.68. The van der Waals surface area contributed by atoms with Crippen LogP contribution in [0.2, 0.25) is 0 Å². The van der Waals surface area contributed by atoms with Crippen LogP contribution in [0.15, 0.2) is 41.5 Å². The van der Waals surface area contributed by atoms with Crippen molar-refractivity contribution in [1.29, 1.82) is 0 Å². The summed E-state index contributed by atoms with van der Waals surface area (Å²) in [6, 6.07) is 10.7. The van der Waals surface area contributed by atoms with E-state index in [9.17, 15) is 0 Å². The number of nitrogens with one attached hydrogen (secondary N) is 2. The van der Waals surface area contributed by atoms with E-state index in [1.807, 2.05) is 30.4 Å². The van der Waals surface area contributed by atoms with E-state index < -0.39 is 0 Å². The van der Waals surface area contributed by atoms with Gasteiger partial charge in [0, 0.05) is 12.3 Å². The van der Waals surface area contributed by atoms with E-state index in [0.717, 1.165) is 17.4 Å². The summed E-state index contributed by atoms with van der Waals surface area (Å²) >= 11 is 5.29. The molecule has 1 aromatic carbocycles. The monoisotopic (exact) mass is 299 g/mol. The molecule has 3 rings (SSSR count).